The van der Waals surface area contributed by atoms with Gasteiger partial charge in [0.2, 0.25) is 47.3 Å². The van der Waals surface area contributed by atoms with Crippen LogP contribution in [0.5, 0.6) is 0 Å². The second-order valence-electron chi connectivity index (χ2n) is 21.7. The molecule has 0 bridgehead atoms. The van der Waals surface area contributed by atoms with Crippen molar-refractivity contribution in [2.45, 2.75) is 152 Å². The summed E-state index contributed by atoms with van der Waals surface area (Å²) in [6, 6.07) is 11.0. The van der Waals surface area contributed by atoms with E-state index in [4.69, 9.17) is 17.2 Å². The minimum Gasteiger partial charge on any atom is -0.480 e. The Morgan fingerprint density at radius 1 is 0.674 bits per heavy atom. The van der Waals surface area contributed by atoms with E-state index in [1.54, 1.807) is 12.3 Å². The Bertz CT molecular complexity index is 3140. The maximum Gasteiger partial charge on any atom is 0.326 e. The molecular weight excluding hydrogens is 1110 g/mol. The summed E-state index contributed by atoms with van der Waals surface area (Å²) in [6.45, 7) is 1.44. The molecule has 7 atom stereocenters. The van der Waals surface area contributed by atoms with Crippen LogP contribution in [0.4, 0.5) is 0 Å². The summed E-state index contributed by atoms with van der Waals surface area (Å²) < 4.78 is 0. The van der Waals surface area contributed by atoms with Gasteiger partial charge in [-0.3, -0.25) is 43.3 Å². The number of carboxylic acids is 1. The third-order valence-electron chi connectivity index (χ3n) is 15.0. The number of rotatable bonds is 35. The number of hydrogen-bond acceptors (Lipinski definition) is 13. The second kappa shape index (κ2) is 33.9. The van der Waals surface area contributed by atoms with Crippen LogP contribution in [-0.4, -0.2) is 147 Å². The van der Waals surface area contributed by atoms with E-state index < -0.39 is 102 Å². The molecule has 3 aromatic carbocycles. The second-order valence-corrected chi connectivity index (χ2v) is 21.7. The van der Waals surface area contributed by atoms with Crippen molar-refractivity contribution in [2.24, 2.45) is 28.1 Å². The number of aliphatic carboxylic acids is 1. The number of aliphatic imine (C=N–C) groups is 1. The number of benzene rings is 3. The summed E-state index contributed by atoms with van der Waals surface area (Å²) in [7, 11) is 0. The number of nitrogens with two attached hydrogens (primary N) is 3. The fraction of sp³-hybridized carbons (Fsp3) is 0.467. The third kappa shape index (κ3) is 21.1. The Labute approximate surface area is 497 Å². The molecule has 0 spiro atoms. The third-order valence-corrected chi connectivity index (χ3v) is 15.0. The van der Waals surface area contributed by atoms with E-state index in [0.29, 0.717) is 48.9 Å². The fourth-order valence-corrected chi connectivity index (χ4v) is 10.5. The number of carbonyl (C=O) groups is 10. The highest BCUT2D eigenvalue weighted by molar-refractivity contribution is 5.98. The Morgan fingerprint density at radius 2 is 1.30 bits per heavy atom. The van der Waals surface area contributed by atoms with Gasteiger partial charge in [0, 0.05) is 81.1 Å². The smallest absolute Gasteiger partial charge is 0.326 e. The van der Waals surface area contributed by atoms with E-state index in [-0.39, 0.29) is 69.9 Å². The summed E-state index contributed by atoms with van der Waals surface area (Å²) in [4.78, 5) is 150. The molecule has 26 heteroatoms. The fourth-order valence-electron chi connectivity index (χ4n) is 10.5. The molecule has 0 saturated heterocycles. The van der Waals surface area contributed by atoms with E-state index in [1.165, 1.54) is 19.4 Å². The lowest BCUT2D eigenvalue weighted by molar-refractivity contribution is -0.142. The van der Waals surface area contributed by atoms with Gasteiger partial charge in [0.25, 0.3) is 0 Å². The monoisotopic (exact) mass is 1190 g/mol. The quantitative estimate of drug-likeness (QED) is 0.0116. The van der Waals surface area contributed by atoms with Crippen molar-refractivity contribution in [3.8, 4) is 0 Å². The number of aldehydes is 1. The van der Waals surface area contributed by atoms with Crippen molar-refractivity contribution in [3.05, 3.63) is 102 Å². The molecule has 8 amide bonds. The number of carbonyl (C=O) groups excluding carboxylic acids is 9. The lowest BCUT2D eigenvalue weighted by Crippen LogP contribution is -2.60. The standard InChI is InChI=1S/C60H81N15O11/c1-36(77)69-48(29-37-12-3-2-4-13-37)56(82)72-46(23-27-76)55(81)75-51(32-42-34-64-35-68-42)58(84)73-49(30-38-20-21-39-14-5-6-15-40(39)28-38)57(83)71-45(19-11-25-66-60(62)63)54(80)74-50(31-41-33-67-44-17-8-7-16-43(41)44)53(79)65-26-22-52(78)70-47(59(85)86)18-9-10-24-61/h5-8,14-17,20-21,27-28,33-35,37,45-51,67H,2-4,9-13,18-19,22-26,29-32,61H2,1H3,(H,64,68)(H,65,79)(H,69,77)(H,70,78)(H,71,83)(H,72,82)(H,73,84)(H,74,80)(H,75,81)(H,85,86)(H4,62,63,66)/t45-,46-,47-,48-,49+,50-,51-/m0/s1. The van der Waals surface area contributed by atoms with Crippen molar-refractivity contribution >= 4 is 87.1 Å². The molecule has 86 heavy (non-hydrogen) atoms. The molecule has 0 unspecified atom stereocenters. The van der Waals surface area contributed by atoms with Gasteiger partial charge in [0.1, 0.15) is 48.6 Å². The number of unbranched alkanes of at least 4 members (excludes halogenated alkanes) is 1. The number of nitrogens with one attached hydrogen (secondary N) is 10. The molecule has 2 aromatic heterocycles. The van der Waals surface area contributed by atoms with Crippen LogP contribution in [-0.2, 0) is 67.2 Å². The number of para-hydroxylation sites is 1. The van der Waals surface area contributed by atoms with Gasteiger partial charge in [-0.05, 0) is 79.0 Å². The largest absolute Gasteiger partial charge is 0.480 e. The van der Waals surface area contributed by atoms with Gasteiger partial charge >= 0.3 is 5.97 Å². The number of H-pyrrole nitrogens is 2. The normalized spacial score (nSPS) is 14.8. The molecule has 26 nitrogen and oxygen atoms in total. The number of fused-ring (bicyclic) bond motifs is 2. The Kier molecular flexibility index (Phi) is 26.0. The number of amides is 8. The van der Waals surface area contributed by atoms with E-state index in [1.807, 2.05) is 60.7 Å². The first-order valence-corrected chi connectivity index (χ1v) is 29.2. The van der Waals surface area contributed by atoms with Gasteiger partial charge in [-0.2, -0.15) is 0 Å². The lowest BCUT2D eigenvalue weighted by Gasteiger charge is -2.28. The van der Waals surface area contributed by atoms with Crippen LogP contribution in [0.25, 0.3) is 21.7 Å². The Morgan fingerprint density at radius 3 is 1.98 bits per heavy atom. The number of carboxylic acid groups (broad SMARTS) is 1. The minimum atomic E-state index is -1.48. The van der Waals surface area contributed by atoms with Crippen LogP contribution >= 0.6 is 0 Å². The van der Waals surface area contributed by atoms with Gasteiger partial charge in [0.05, 0.1) is 6.33 Å². The number of hydrogen-bond donors (Lipinski definition) is 14. The zero-order chi connectivity index (χ0) is 62.0. The number of imidazole rings is 1. The maximum absolute atomic E-state index is 15.0. The molecule has 1 fully saturated rings. The van der Waals surface area contributed by atoms with Crippen molar-refractivity contribution in [1.29, 1.82) is 0 Å². The summed E-state index contributed by atoms with van der Waals surface area (Å²) in [5.74, 6) is -7.20. The Hall–Kier alpha value is -9.20. The van der Waals surface area contributed by atoms with Gasteiger partial charge in [-0.1, -0.05) is 92.8 Å². The molecule has 1 aliphatic carbocycles. The van der Waals surface area contributed by atoms with E-state index in [9.17, 15) is 48.3 Å². The maximum atomic E-state index is 15.0. The summed E-state index contributed by atoms with van der Waals surface area (Å²) >= 11 is 0. The van der Waals surface area contributed by atoms with Crippen LogP contribution in [0, 0.1) is 5.92 Å². The first kappa shape index (κ1) is 65.9. The predicted molar refractivity (Wildman–Crippen MR) is 321 cm³/mol. The molecule has 17 N–H and O–H groups in total. The van der Waals surface area contributed by atoms with Gasteiger partial charge < -0.3 is 79.6 Å². The van der Waals surface area contributed by atoms with Crippen LogP contribution in [0.3, 0.4) is 0 Å². The SMILES string of the molecule is CC(=O)N[C@@H](CC1CCCCC1)C(=O)N[C@@H](CC=O)C(=O)N[C@@H](Cc1cnc[nH]1)C(=O)N[C@H](Cc1ccc2ccccc2c1)C(=O)N[C@@H](CCCN=C(N)N)C(=O)N[C@@H](Cc1c[nH]c2ccccc12)C(=O)NCCC(=O)N[C@@H](CCCCN)C(=O)O. The summed E-state index contributed by atoms with van der Waals surface area (Å²) in [5, 5.41) is 33.7. The number of aromatic amines is 2. The van der Waals surface area contributed by atoms with Crippen LogP contribution in [0.1, 0.15) is 107 Å². The first-order chi connectivity index (χ1) is 41.4. The zero-order valence-electron chi connectivity index (χ0n) is 48.4. The molecule has 1 saturated carbocycles. The lowest BCUT2D eigenvalue weighted by atomic mass is 9.84. The molecular formula is C60H81N15O11. The van der Waals surface area contributed by atoms with Gasteiger partial charge in [-0.15, -0.1) is 0 Å². The van der Waals surface area contributed by atoms with E-state index in [2.05, 4.69) is 62.5 Å². The number of guanidine groups is 1. The highest BCUT2D eigenvalue weighted by Gasteiger charge is 2.35. The first-order valence-electron chi connectivity index (χ1n) is 29.2. The topological polar surface area (TPSA) is 422 Å². The van der Waals surface area contributed by atoms with Gasteiger partial charge in [-0.25, -0.2) is 9.78 Å². The number of nitrogens with zero attached hydrogens (tertiary/aromatic N) is 2. The van der Waals surface area contributed by atoms with Crippen LogP contribution in [0.2, 0.25) is 0 Å². The Balaban J connectivity index is 1.27. The molecule has 462 valence electrons. The van der Waals surface area contributed by atoms with Crippen molar-refractivity contribution in [3.63, 3.8) is 0 Å². The predicted octanol–water partition coefficient (Wildman–Crippen LogP) is 0.818. The average Bonchev–Trinajstić information content (AvgIpc) is 2.61. The van der Waals surface area contributed by atoms with Crippen LogP contribution in [0.15, 0.2) is 90.4 Å². The van der Waals surface area contributed by atoms with E-state index in [0.717, 1.165) is 53.8 Å². The molecule has 2 heterocycles. The summed E-state index contributed by atoms with van der Waals surface area (Å²) in [6.07, 6.45) is 10.1. The van der Waals surface area contributed by atoms with Crippen LogP contribution < -0.4 is 59.7 Å². The highest BCUT2D eigenvalue weighted by Crippen LogP contribution is 2.28. The number of aromatic nitrogens is 3. The van der Waals surface area contributed by atoms with Gasteiger partial charge in [0.15, 0.2) is 5.96 Å². The molecule has 0 aliphatic heterocycles. The molecule has 5 aromatic rings. The molecule has 1 aliphatic rings. The van der Waals surface area contributed by atoms with E-state index >= 15 is 4.79 Å². The molecule has 0 radical (unpaired) electrons. The summed E-state index contributed by atoms with van der Waals surface area (Å²) in [5.41, 5.74) is 19.2. The van der Waals surface area contributed by atoms with Crippen molar-refractivity contribution in [2.75, 3.05) is 19.6 Å². The van der Waals surface area contributed by atoms with Crippen molar-refractivity contribution in [1.82, 2.24) is 57.5 Å². The highest BCUT2D eigenvalue weighted by atomic mass is 16.4. The average molecular weight is 1190 g/mol. The zero-order valence-corrected chi connectivity index (χ0v) is 48.4. The van der Waals surface area contributed by atoms with Crippen molar-refractivity contribution < 1.29 is 53.1 Å². The minimum absolute atomic E-state index is 0.0330. The molecule has 6 rings (SSSR count).